The summed E-state index contributed by atoms with van der Waals surface area (Å²) in [4.78, 5) is 2.21. The molecular formula is C37H69N3. The summed E-state index contributed by atoms with van der Waals surface area (Å²) in [5, 5.41) is 4.81. The molecule has 0 aromatic rings. The van der Waals surface area contributed by atoms with E-state index < -0.39 is 0 Å². The predicted molar refractivity (Wildman–Crippen MR) is 183 cm³/mol. The third-order valence-corrected chi connectivity index (χ3v) is 7.20. The van der Waals surface area contributed by atoms with Gasteiger partial charge in [-0.15, -0.1) is 0 Å². The minimum atomic E-state index is 0.934. The molecule has 0 unspecified atom stereocenters. The Kier molecular flexibility index (Phi) is 32.2. The Morgan fingerprint density at radius 1 is 0.525 bits per heavy atom. The molecule has 0 saturated heterocycles. The number of likely N-dealkylation sites (N-methyl/N-ethyl adjacent to an activating group) is 1. The molecule has 0 fully saturated rings. The largest absolute Gasteiger partial charge is 0.309 e. The fraction of sp³-hybridized carbons (Fsp3) is 0.757. The number of nitrogens with zero attached hydrogens (tertiary/aromatic N) is 2. The smallest absolute Gasteiger partial charge is 0.0456 e. The minimum Gasteiger partial charge on any atom is -0.309 e. The first kappa shape index (κ1) is 38.4. The quantitative estimate of drug-likeness (QED) is 0.0413. The van der Waals surface area contributed by atoms with E-state index in [1.807, 2.05) is 0 Å². The van der Waals surface area contributed by atoms with Crippen molar-refractivity contribution < 1.29 is 0 Å². The first-order valence-corrected chi connectivity index (χ1v) is 17.2. The topological polar surface area (TPSA) is 27.6 Å². The standard InChI is InChI=1S/C37H69N3/c1-5-7-9-11-13-15-17-19-21-23-25-27-29-31-33-37(39-38-35-36-40(3)4)34-32-30-28-26-24-22-20-18-16-14-12-10-8-6-2/h9-12,15-18,38H,5-8,13-14,19-36H2,1-4H3/b11-9-,12-10-,17-15-,18-16-. The molecule has 0 aromatic carbocycles. The van der Waals surface area contributed by atoms with Crippen LogP contribution in [0, 0.1) is 0 Å². The van der Waals surface area contributed by atoms with Crippen molar-refractivity contribution in [1.29, 1.82) is 0 Å². The van der Waals surface area contributed by atoms with Gasteiger partial charge in [-0.3, -0.25) is 0 Å². The third kappa shape index (κ3) is 32.6. The molecule has 232 valence electrons. The molecule has 0 spiro atoms. The number of unbranched alkanes of at least 4 members (excludes halogenated alkanes) is 14. The third-order valence-electron chi connectivity index (χ3n) is 7.20. The molecule has 0 aliphatic heterocycles. The summed E-state index contributed by atoms with van der Waals surface area (Å²) in [5.74, 6) is 0. The van der Waals surface area contributed by atoms with E-state index in [0.29, 0.717) is 0 Å². The second-order valence-corrected chi connectivity index (χ2v) is 11.6. The molecule has 0 aliphatic rings. The number of rotatable bonds is 30. The minimum absolute atomic E-state index is 0.934. The van der Waals surface area contributed by atoms with Gasteiger partial charge in [0.25, 0.3) is 0 Å². The molecule has 0 atom stereocenters. The number of nitrogens with one attached hydrogen (secondary N) is 1. The molecule has 0 aromatic heterocycles. The van der Waals surface area contributed by atoms with E-state index in [4.69, 9.17) is 5.10 Å². The maximum Gasteiger partial charge on any atom is 0.0456 e. The molecule has 40 heavy (non-hydrogen) atoms. The van der Waals surface area contributed by atoms with Gasteiger partial charge in [0.2, 0.25) is 0 Å². The lowest BCUT2D eigenvalue weighted by Gasteiger charge is -2.11. The Morgan fingerprint density at radius 2 is 0.925 bits per heavy atom. The van der Waals surface area contributed by atoms with E-state index in [1.54, 1.807) is 0 Å². The van der Waals surface area contributed by atoms with Gasteiger partial charge in [0.15, 0.2) is 0 Å². The molecule has 0 amide bonds. The van der Waals surface area contributed by atoms with Crippen LogP contribution in [-0.2, 0) is 0 Å². The summed E-state index contributed by atoms with van der Waals surface area (Å²) in [7, 11) is 4.24. The van der Waals surface area contributed by atoms with Crippen LogP contribution in [0.15, 0.2) is 53.7 Å². The molecule has 1 N–H and O–H groups in total. The van der Waals surface area contributed by atoms with Crippen LogP contribution in [0.4, 0.5) is 0 Å². The monoisotopic (exact) mass is 556 g/mol. The maximum atomic E-state index is 4.81. The van der Waals surface area contributed by atoms with Crippen molar-refractivity contribution in [3.05, 3.63) is 48.6 Å². The van der Waals surface area contributed by atoms with Crippen molar-refractivity contribution in [2.45, 2.75) is 155 Å². The van der Waals surface area contributed by atoms with Gasteiger partial charge in [-0.2, -0.15) is 5.10 Å². The normalized spacial score (nSPS) is 12.2. The first-order valence-electron chi connectivity index (χ1n) is 17.2. The Hall–Kier alpha value is -1.61. The van der Waals surface area contributed by atoms with E-state index in [-0.39, 0.29) is 0 Å². The zero-order valence-corrected chi connectivity index (χ0v) is 27.5. The van der Waals surface area contributed by atoms with Crippen LogP contribution in [0.25, 0.3) is 0 Å². The lowest BCUT2D eigenvalue weighted by molar-refractivity contribution is 0.402. The number of hydrogen-bond donors (Lipinski definition) is 1. The molecule has 3 nitrogen and oxygen atoms in total. The fourth-order valence-electron chi connectivity index (χ4n) is 4.62. The molecule has 0 radical (unpaired) electrons. The highest BCUT2D eigenvalue weighted by atomic mass is 15.3. The summed E-state index contributed by atoms with van der Waals surface area (Å²) in [6, 6.07) is 0. The average Bonchev–Trinajstić information content (AvgIpc) is 2.95. The summed E-state index contributed by atoms with van der Waals surface area (Å²) in [6.45, 7) is 6.43. The van der Waals surface area contributed by atoms with Crippen LogP contribution in [0.3, 0.4) is 0 Å². The zero-order chi connectivity index (χ0) is 29.2. The molecular weight excluding hydrogens is 486 g/mol. The Labute approximate surface area is 251 Å². The van der Waals surface area contributed by atoms with Crippen LogP contribution in [-0.4, -0.2) is 37.8 Å². The van der Waals surface area contributed by atoms with Gasteiger partial charge in [0.1, 0.15) is 0 Å². The summed E-state index contributed by atoms with van der Waals surface area (Å²) in [6.07, 6.45) is 46.7. The van der Waals surface area contributed by atoms with Crippen molar-refractivity contribution in [2.75, 3.05) is 27.2 Å². The van der Waals surface area contributed by atoms with E-state index in [2.05, 4.69) is 86.9 Å². The number of hydrazone groups is 1. The average molecular weight is 556 g/mol. The first-order chi connectivity index (χ1) is 19.7. The Morgan fingerprint density at radius 3 is 1.35 bits per heavy atom. The summed E-state index contributed by atoms with van der Waals surface area (Å²) in [5.41, 5.74) is 4.74. The zero-order valence-electron chi connectivity index (χ0n) is 27.5. The van der Waals surface area contributed by atoms with Gasteiger partial charge in [0.05, 0.1) is 0 Å². The summed E-state index contributed by atoms with van der Waals surface area (Å²) >= 11 is 0. The Bertz CT molecular complexity index is 596. The molecule has 0 aliphatic carbocycles. The van der Waals surface area contributed by atoms with Gasteiger partial charge < -0.3 is 10.3 Å². The van der Waals surface area contributed by atoms with Crippen LogP contribution in [0.2, 0.25) is 0 Å². The van der Waals surface area contributed by atoms with Gasteiger partial charge in [-0.05, 0) is 91.1 Å². The van der Waals surface area contributed by atoms with E-state index in [9.17, 15) is 0 Å². The molecule has 0 rings (SSSR count). The highest BCUT2D eigenvalue weighted by Crippen LogP contribution is 2.14. The van der Waals surface area contributed by atoms with E-state index >= 15 is 0 Å². The second-order valence-electron chi connectivity index (χ2n) is 11.6. The highest BCUT2D eigenvalue weighted by molar-refractivity contribution is 5.84. The lowest BCUT2D eigenvalue weighted by Crippen LogP contribution is -2.24. The maximum absolute atomic E-state index is 4.81. The molecule has 3 heteroatoms. The van der Waals surface area contributed by atoms with Crippen LogP contribution in [0.1, 0.15) is 155 Å². The van der Waals surface area contributed by atoms with Gasteiger partial charge in [-0.25, -0.2) is 0 Å². The summed E-state index contributed by atoms with van der Waals surface area (Å²) < 4.78 is 0. The number of hydrogen-bond acceptors (Lipinski definition) is 3. The van der Waals surface area contributed by atoms with E-state index in [0.717, 1.165) is 25.9 Å². The fourth-order valence-corrected chi connectivity index (χ4v) is 4.62. The van der Waals surface area contributed by atoms with Crippen LogP contribution in [0.5, 0.6) is 0 Å². The van der Waals surface area contributed by atoms with Crippen molar-refractivity contribution in [2.24, 2.45) is 5.10 Å². The van der Waals surface area contributed by atoms with Gasteiger partial charge in [0, 0.05) is 18.8 Å². The van der Waals surface area contributed by atoms with Gasteiger partial charge >= 0.3 is 0 Å². The van der Waals surface area contributed by atoms with Crippen LogP contribution >= 0.6 is 0 Å². The van der Waals surface area contributed by atoms with E-state index in [1.165, 1.54) is 134 Å². The molecule has 0 bridgehead atoms. The molecule has 0 saturated carbocycles. The molecule has 0 heterocycles. The van der Waals surface area contributed by atoms with Crippen molar-refractivity contribution >= 4 is 5.71 Å². The SMILES string of the molecule is CCC/C=C\C/C=C\CCCCCCCCC(CCCCCCCC/C=C\C/C=C\CCC)=NNCCN(C)C. The highest BCUT2D eigenvalue weighted by Gasteiger charge is 2.02. The van der Waals surface area contributed by atoms with Crippen molar-refractivity contribution in [3.63, 3.8) is 0 Å². The predicted octanol–water partition coefficient (Wildman–Crippen LogP) is 11.3. The van der Waals surface area contributed by atoms with Gasteiger partial charge in [-0.1, -0.05) is 127 Å². The van der Waals surface area contributed by atoms with Crippen molar-refractivity contribution in [3.8, 4) is 0 Å². The Balaban J connectivity index is 3.91. The van der Waals surface area contributed by atoms with Crippen molar-refractivity contribution in [1.82, 2.24) is 10.3 Å². The second kappa shape index (κ2) is 33.6. The van der Waals surface area contributed by atoms with Crippen LogP contribution < -0.4 is 5.43 Å². The lowest BCUT2D eigenvalue weighted by atomic mass is 10.0. The number of allylic oxidation sites excluding steroid dienone is 8.